The third-order valence-electron chi connectivity index (χ3n) is 4.15. The van der Waals surface area contributed by atoms with Gasteiger partial charge in [-0.2, -0.15) is 0 Å². The van der Waals surface area contributed by atoms with Gasteiger partial charge in [0.15, 0.2) is 10.9 Å². The lowest BCUT2D eigenvalue weighted by molar-refractivity contribution is -0.122. The second-order valence-electron chi connectivity index (χ2n) is 6.15. The van der Waals surface area contributed by atoms with Gasteiger partial charge in [0.05, 0.1) is 32.8 Å². The number of amides is 1. The van der Waals surface area contributed by atoms with Crippen LogP contribution in [0.3, 0.4) is 0 Å². The van der Waals surface area contributed by atoms with E-state index in [0.29, 0.717) is 50.3 Å². The largest absolute Gasteiger partial charge is 0.491 e. The van der Waals surface area contributed by atoms with Gasteiger partial charge < -0.3 is 9.84 Å². The Hall–Kier alpha value is -2.48. The van der Waals surface area contributed by atoms with E-state index in [0.717, 1.165) is 0 Å². The standard InChI is InChI=1S/C21H18Cl2N2O4S/c1-3-25-19(26)17(11-12-9-15(22)18(29-4-2)16(23)10-12)30-21(25)24-14-7-5-13(6-8-14)20(27)28/h5-11H,3-4H2,1-2H3,(H,27,28). The number of carboxylic acid groups (broad SMARTS) is 1. The normalized spacial score (nSPS) is 16.5. The number of thioether (sulfide) groups is 1. The van der Waals surface area contributed by atoms with Gasteiger partial charge in [-0.15, -0.1) is 0 Å². The molecule has 0 aliphatic carbocycles. The van der Waals surface area contributed by atoms with Crippen molar-refractivity contribution in [3.8, 4) is 5.75 Å². The number of carbonyl (C=O) groups is 2. The van der Waals surface area contributed by atoms with Gasteiger partial charge in [0, 0.05) is 6.54 Å². The fraction of sp³-hybridized carbons (Fsp3) is 0.190. The van der Waals surface area contributed by atoms with E-state index in [-0.39, 0.29) is 11.5 Å². The fourth-order valence-corrected chi connectivity index (χ4v) is 4.43. The molecule has 1 aliphatic heterocycles. The van der Waals surface area contributed by atoms with Crippen LogP contribution in [0.5, 0.6) is 5.75 Å². The summed E-state index contributed by atoms with van der Waals surface area (Å²) in [7, 11) is 0. The average molecular weight is 465 g/mol. The zero-order chi connectivity index (χ0) is 21.8. The van der Waals surface area contributed by atoms with Gasteiger partial charge in [0.25, 0.3) is 5.91 Å². The zero-order valence-corrected chi connectivity index (χ0v) is 18.5. The van der Waals surface area contributed by atoms with E-state index in [1.165, 1.54) is 23.9 Å². The van der Waals surface area contributed by atoms with Crippen LogP contribution in [-0.4, -0.2) is 40.2 Å². The molecule has 6 nitrogen and oxygen atoms in total. The fourth-order valence-electron chi connectivity index (χ4n) is 2.76. The van der Waals surface area contributed by atoms with Crippen molar-refractivity contribution in [2.24, 2.45) is 4.99 Å². The number of nitrogens with zero attached hydrogens (tertiary/aromatic N) is 2. The molecule has 9 heteroatoms. The molecule has 1 heterocycles. The number of rotatable bonds is 6. The third kappa shape index (κ3) is 4.80. The van der Waals surface area contributed by atoms with Gasteiger partial charge in [-0.1, -0.05) is 23.2 Å². The summed E-state index contributed by atoms with van der Waals surface area (Å²) >= 11 is 13.7. The van der Waals surface area contributed by atoms with Gasteiger partial charge in [0.2, 0.25) is 0 Å². The van der Waals surface area contributed by atoms with Gasteiger partial charge in [-0.25, -0.2) is 9.79 Å². The summed E-state index contributed by atoms with van der Waals surface area (Å²) in [6.07, 6.45) is 1.71. The highest BCUT2D eigenvalue weighted by atomic mass is 35.5. The minimum Gasteiger partial charge on any atom is -0.491 e. The van der Waals surface area contributed by atoms with Crippen molar-refractivity contribution < 1.29 is 19.4 Å². The topological polar surface area (TPSA) is 79.2 Å². The number of ether oxygens (including phenoxy) is 1. The van der Waals surface area contributed by atoms with Gasteiger partial charge in [0.1, 0.15) is 0 Å². The van der Waals surface area contributed by atoms with E-state index in [9.17, 15) is 9.59 Å². The Balaban J connectivity index is 1.91. The molecule has 0 saturated carbocycles. The predicted octanol–water partition coefficient (Wildman–Crippen LogP) is 5.71. The number of aliphatic imine (C=N–C) groups is 1. The molecule has 0 aromatic heterocycles. The molecule has 1 N–H and O–H groups in total. The Bertz CT molecular complexity index is 1030. The lowest BCUT2D eigenvalue weighted by Gasteiger charge is -2.12. The maximum atomic E-state index is 12.8. The van der Waals surface area contributed by atoms with E-state index in [2.05, 4.69) is 4.99 Å². The molecule has 0 spiro atoms. The Morgan fingerprint density at radius 3 is 2.37 bits per heavy atom. The highest BCUT2D eigenvalue weighted by Crippen LogP contribution is 2.38. The lowest BCUT2D eigenvalue weighted by atomic mass is 10.2. The maximum Gasteiger partial charge on any atom is 0.335 e. The molecule has 30 heavy (non-hydrogen) atoms. The molecule has 3 rings (SSSR count). The molecular weight excluding hydrogens is 447 g/mol. The molecule has 1 fully saturated rings. The Morgan fingerprint density at radius 1 is 1.20 bits per heavy atom. The molecule has 156 valence electrons. The summed E-state index contributed by atoms with van der Waals surface area (Å²) < 4.78 is 5.43. The van der Waals surface area contributed by atoms with Crippen molar-refractivity contribution in [1.29, 1.82) is 0 Å². The van der Waals surface area contributed by atoms with Crippen molar-refractivity contribution in [2.45, 2.75) is 13.8 Å². The highest BCUT2D eigenvalue weighted by Gasteiger charge is 2.32. The monoisotopic (exact) mass is 464 g/mol. The van der Waals surface area contributed by atoms with E-state index < -0.39 is 5.97 Å². The molecule has 1 aliphatic rings. The van der Waals surface area contributed by atoms with Crippen molar-refractivity contribution in [2.75, 3.05) is 13.2 Å². The second kappa shape index (κ2) is 9.55. The third-order valence-corrected chi connectivity index (χ3v) is 5.72. The molecule has 0 atom stereocenters. The molecule has 1 amide bonds. The van der Waals surface area contributed by atoms with Gasteiger partial charge >= 0.3 is 5.97 Å². The van der Waals surface area contributed by atoms with Crippen LogP contribution < -0.4 is 4.74 Å². The second-order valence-corrected chi connectivity index (χ2v) is 7.98. The van der Waals surface area contributed by atoms with E-state index in [4.69, 9.17) is 33.0 Å². The number of benzene rings is 2. The summed E-state index contributed by atoms with van der Waals surface area (Å²) in [6.45, 7) is 4.58. The number of halogens is 2. The molecule has 0 unspecified atom stereocenters. The van der Waals surface area contributed by atoms with Crippen molar-refractivity contribution >= 4 is 63.8 Å². The van der Waals surface area contributed by atoms with Crippen LogP contribution in [0, 0.1) is 0 Å². The number of hydrogen-bond acceptors (Lipinski definition) is 5. The first-order valence-corrected chi connectivity index (χ1v) is 10.7. The van der Waals surface area contributed by atoms with E-state index in [1.807, 2.05) is 13.8 Å². The Labute approximate surface area is 188 Å². The molecule has 2 aromatic rings. The van der Waals surface area contributed by atoms with Gasteiger partial charge in [-0.05, 0) is 73.6 Å². The summed E-state index contributed by atoms with van der Waals surface area (Å²) in [5.74, 6) is -0.770. The maximum absolute atomic E-state index is 12.8. The number of amidine groups is 1. The van der Waals surface area contributed by atoms with Crippen LogP contribution in [0.25, 0.3) is 6.08 Å². The van der Waals surface area contributed by atoms with E-state index in [1.54, 1.807) is 35.2 Å². The highest BCUT2D eigenvalue weighted by molar-refractivity contribution is 8.18. The smallest absolute Gasteiger partial charge is 0.335 e. The van der Waals surface area contributed by atoms with Crippen LogP contribution in [0.1, 0.15) is 29.8 Å². The summed E-state index contributed by atoms with van der Waals surface area (Å²) in [6, 6.07) is 9.52. The minimum absolute atomic E-state index is 0.172. The summed E-state index contributed by atoms with van der Waals surface area (Å²) in [5.41, 5.74) is 1.40. The number of hydrogen-bond donors (Lipinski definition) is 1. The van der Waals surface area contributed by atoms with Crippen LogP contribution >= 0.6 is 35.0 Å². The van der Waals surface area contributed by atoms with Crippen molar-refractivity contribution in [3.63, 3.8) is 0 Å². The number of carbonyl (C=O) groups excluding carboxylic acids is 1. The Kier molecular flexibility index (Phi) is 7.07. The van der Waals surface area contributed by atoms with Crippen LogP contribution in [0.15, 0.2) is 46.3 Å². The zero-order valence-electron chi connectivity index (χ0n) is 16.2. The molecule has 0 bridgehead atoms. The average Bonchev–Trinajstić information content (AvgIpc) is 2.99. The molecule has 1 saturated heterocycles. The quantitative estimate of drug-likeness (QED) is 0.553. The van der Waals surface area contributed by atoms with Crippen LogP contribution in [-0.2, 0) is 4.79 Å². The SMILES string of the molecule is CCOc1c(Cl)cc(C=C2SC(=Nc3ccc(C(=O)O)cc3)N(CC)C2=O)cc1Cl. The molecule has 2 aromatic carbocycles. The molecule has 0 radical (unpaired) electrons. The summed E-state index contributed by atoms with van der Waals surface area (Å²) in [4.78, 5) is 30.3. The Morgan fingerprint density at radius 2 is 1.83 bits per heavy atom. The molecular formula is C21H18Cl2N2O4S. The predicted molar refractivity (Wildman–Crippen MR) is 121 cm³/mol. The summed E-state index contributed by atoms with van der Waals surface area (Å²) in [5, 5.41) is 10.3. The first kappa shape index (κ1) is 22.2. The van der Waals surface area contributed by atoms with Gasteiger partial charge in [-0.3, -0.25) is 9.69 Å². The number of carboxylic acids is 1. The number of aromatic carboxylic acids is 1. The minimum atomic E-state index is -1.01. The first-order valence-electron chi connectivity index (χ1n) is 9.09. The number of likely N-dealkylation sites (N-methyl/N-ethyl adjacent to an activating group) is 1. The van der Waals surface area contributed by atoms with E-state index >= 15 is 0 Å². The van der Waals surface area contributed by atoms with Crippen molar-refractivity contribution in [3.05, 3.63) is 62.5 Å². The lowest BCUT2D eigenvalue weighted by Crippen LogP contribution is -2.28. The van der Waals surface area contributed by atoms with Crippen LogP contribution in [0.4, 0.5) is 5.69 Å². The van der Waals surface area contributed by atoms with Crippen molar-refractivity contribution in [1.82, 2.24) is 4.90 Å². The first-order chi connectivity index (χ1) is 14.3. The van der Waals surface area contributed by atoms with Crippen LogP contribution in [0.2, 0.25) is 10.0 Å².